The molecule has 1 aliphatic rings. The standard InChI is InChI=1S/C11H21NO3/c1-8(13)6-10-7-9(4-5-12)14-11(2,3)15-10/h9-10H,4-7,12H2,1-3H3/t9-,10+/m1/s1. The molecule has 0 aromatic heterocycles. The molecule has 0 unspecified atom stereocenters. The molecule has 2 N–H and O–H groups in total. The molecule has 1 saturated heterocycles. The molecule has 2 atom stereocenters. The fourth-order valence-corrected chi connectivity index (χ4v) is 2.03. The number of rotatable bonds is 4. The minimum absolute atomic E-state index is 0.0252. The van der Waals surface area contributed by atoms with Crippen LogP contribution in [0.1, 0.15) is 40.0 Å². The van der Waals surface area contributed by atoms with E-state index in [1.165, 1.54) is 0 Å². The van der Waals surface area contributed by atoms with Gasteiger partial charge < -0.3 is 15.2 Å². The fraction of sp³-hybridized carbons (Fsp3) is 0.909. The van der Waals surface area contributed by atoms with Crippen LogP contribution in [0.3, 0.4) is 0 Å². The van der Waals surface area contributed by atoms with Crippen molar-refractivity contribution in [2.24, 2.45) is 5.73 Å². The molecule has 0 spiro atoms. The predicted octanol–water partition coefficient (Wildman–Crippen LogP) is 1.22. The van der Waals surface area contributed by atoms with Gasteiger partial charge in [0.1, 0.15) is 5.78 Å². The molecule has 0 aromatic carbocycles. The summed E-state index contributed by atoms with van der Waals surface area (Å²) in [5, 5.41) is 0. The molecule has 0 radical (unpaired) electrons. The molecule has 4 nitrogen and oxygen atoms in total. The van der Waals surface area contributed by atoms with Gasteiger partial charge in [0.05, 0.1) is 12.2 Å². The van der Waals surface area contributed by atoms with Crippen LogP contribution in [0.25, 0.3) is 0 Å². The maximum Gasteiger partial charge on any atom is 0.163 e. The lowest BCUT2D eigenvalue weighted by atomic mass is 10.0. The van der Waals surface area contributed by atoms with E-state index in [1.54, 1.807) is 6.92 Å². The van der Waals surface area contributed by atoms with Crippen LogP contribution < -0.4 is 5.73 Å². The average Bonchev–Trinajstić information content (AvgIpc) is 1.99. The third-order valence-corrected chi connectivity index (χ3v) is 2.43. The van der Waals surface area contributed by atoms with Gasteiger partial charge in [-0.1, -0.05) is 0 Å². The van der Waals surface area contributed by atoms with Gasteiger partial charge in [-0.2, -0.15) is 0 Å². The van der Waals surface area contributed by atoms with E-state index in [-0.39, 0.29) is 18.0 Å². The van der Waals surface area contributed by atoms with Gasteiger partial charge in [-0.25, -0.2) is 0 Å². The lowest BCUT2D eigenvalue weighted by Gasteiger charge is -2.40. The summed E-state index contributed by atoms with van der Waals surface area (Å²) in [4.78, 5) is 11.0. The molecule has 1 rings (SSSR count). The second-order valence-corrected chi connectivity index (χ2v) is 4.60. The van der Waals surface area contributed by atoms with Crippen molar-refractivity contribution in [2.45, 2.75) is 58.0 Å². The van der Waals surface area contributed by atoms with Gasteiger partial charge in [0.2, 0.25) is 0 Å². The minimum Gasteiger partial charge on any atom is -0.347 e. The Hall–Kier alpha value is -0.450. The van der Waals surface area contributed by atoms with E-state index in [2.05, 4.69) is 0 Å². The van der Waals surface area contributed by atoms with Gasteiger partial charge >= 0.3 is 0 Å². The average molecular weight is 215 g/mol. The number of hydrogen-bond acceptors (Lipinski definition) is 4. The fourth-order valence-electron chi connectivity index (χ4n) is 2.03. The molecule has 1 fully saturated rings. The first kappa shape index (κ1) is 12.6. The number of carbonyl (C=O) groups is 1. The SMILES string of the molecule is CC(=O)C[C@H]1C[C@@H](CCN)OC(C)(C)O1. The summed E-state index contributed by atoms with van der Waals surface area (Å²) in [5.41, 5.74) is 5.51. The van der Waals surface area contributed by atoms with Gasteiger partial charge in [-0.15, -0.1) is 0 Å². The number of nitrogens with two attached hydrogens (primary N) is 1. The second kappa shape index (κ2) is 5.05. The summed E-state index contributed by atoms with van der Waals surface area (Å²) in [6.07, 6.45) is 2.14. The second-order valence-electron chi connectivity index (χ2n) is 4.60. The first-order valence-electron chi connectivity index (χ1n) is 5.48. The van der Waals surface area contributed by atoms with Gasteiger partial charge in [-0.3, -0.25) is 4.79 Å². The highest BCUT2D eigenvalue weighted by molar-refractivity contribution is 5.75. The molecule has 4 heteroatoms. The normalized spacial score (nSPS) is 30.1. The zero-order chi connectivity index (χ0) is 11.5. The van der Waals surface area contributed by atoms with E-state index in [1.807, 2.05) is 13.8 Å². The van der Waals surface area contributed by atoms with E-state index in [4.69, 9.17) is 15.2 Å². The van der Waals surface area contributed by atoms with Crippen molar-refractivity contribution in [1.82, 2.24) is 0 Å². The number of carbonyl (C=O) groups excluding carboxylic acids is 1. The Balaban J connectivity index is 2.55. The molecule has 1 heterocycles. The molecule has 88 valence electrons. The molecule has 0 aromatic rings. The van der Waals surface area contributed by atoms with Crippen molar-refractivity contribution in [3.63, 3.8) is 0 Å². The third kappa shape index (κ3) is 4.28. The van der Waals surface area contributed by atoms with E-state index in [9.17, 15) is 4.79 Å². The summed E-state index contributed by atoms with van der Waals surface area (Å²) in [7, 11) is 0. The summed E-state index contributed by atoms with van der Waals surface area (Å²) in [6, 6.07) is 0. The lowest BCUT2D eigenvalue weighted by molar-refractivity contribution is -0.299. The topological polar surface area (TPSA) is 61.6 Å². The summed E-state index contributed by atoms with van der Waals surface area (Å²) in [5.74, 6) is -0.442. The summed E-state index contributed by atoms with van der Waals surface area (Å²) < 4.78 is 11.4. The highest BCUT2D eigenvalue weighted by Gasteiger charge is 2.35. The van der Waals surface area contributed by atoms with Crippen molar-refractivity contribution in [2.75, 3.05) is 6.54 Å². The van der Waals surface area contributed by atoms with Crippen molar-refractivity contribution in [3.05, 3.63) is 0 Å². The van der Waals surface area contributed by atoms with Crippen LogP contribution in [0.2, 0.25) is 0 Å². The van der Waals surface area contributed by atoms with Gasteiger partial charge in [0, 0.05) is 12.8 Å². The molecule has 15 heavy (non-hydrogen) atoms. The number of ketones is 1. The minimum atomic E-state index is -0.599. The monoisotopic (exact) mass is 215 g/mol. The van der Waals surface area contributed by atoms with Gasteiger partial charge in [-0.05, 0) is 33.7 Å². The van der Waals surface area contributed by atoms with Crippen LogP contribution in [-0.2, 0) is 14.3 Å². The predicted molar refractivity (Wildman–Crippen MR) is 57.4 cm³/mol. The van der Waals surface area contributed by atoms with Gasteiger partial charge in [0.25, 0.3) is 0 Å². The maximum absolute atomic E-state index is 11.0. The Labute approximate surface area is 91.1 Å². The molecule has 0 bridgehead atoms. The highest BCUT2D eigenvalue weighted by Crippen LogP contribution is 2.29. The van der Waals surface area contributed by atoms with E-state index >= 15 is 0 Å². The van der Waals surface area contributed by atoms with Crippen LogP contribution in [0.5, 0.6) is 0 Å². The van der Waals surface area contributed by atoms with E-state index < -0.39 is 5.79 Å². The van der Waals surface area contributed by atoms with Crippen LogP contribution in [-0.4, -0.2) is 30.3 Å². The van der Waals surface area contributed by atoms with Crippen LogP contribution in [0, 0.1) is 0 Å². The smallest absolute Gasteiger partial charge is 0.163 e. The third-order valence-electron chi connectivity index (χ3n) is 2.43. The zero-order valence-corrected chi connectivity index (χ0v) is 9.79. The molecule has 0 amide bonds. The zero-order valence-electron chi connectivity index (χ0n) is 9.79. The Kier molecular flexibility index (Phi) is 4.25. The molecular formula is C11H21NO3. The Morgan fingerprint density at radius 3 is 2.53 bits per heavy atom. The highest BCUT2D eigenvalue weighted by atomic mass is 16.7. The largest absolute Gasteiger partial charge is 0.347 e. The maximum atomic E-state index is 11.0. The van der Waals surface area contributed by atoms with Gasteiger partial charge in [0.15, 0.2) is 5.79 Å². The number of ether oxygens (including phenoxy) is 2. The Bertz CT molecular complexity index is 228. The van der Waals surface area contributed by atoms with Crippen LogP contribution in [0.4, 0.5) is 0 Å². The number of Topliss-reactive ketones (excluding diaryl/α,β-unsaturated/α-hetero) is 1. The quantitative estimate of drug-likeness (QED) is 0.766. The van der Waals surface area contributed by atoms with Crippen molar-refractivity contribution >= 4 is 5.78 Å². The molecule has 1 aliphatic heterocycles. The molecular weight excluding hydrogens is 194 g/mol. The lowest BCUT2D eigenvalue weighted by Crippen LogP contribution is -2.45. The Morgan fingerprint density at radius 2 is 2.00 bits per heavy atom. The van der Waals surface area contributed by atoms with Crippen LogP contribution in [0.15, 0.2) is 0 Å². The van der Waals surface area contributed by atoms with Crippen molar-refractivity contribution < 1.29 is 14.3 Å². The first-order valence-corrected chi connectivity index (χ1v) is 5.48. The first-order chi connectivity index (χ1) is 6.93. The summed E-state index contributed by atoms with van der Waals surface area (Å²) >= 11 is 0. The van der Waals surface area contributed by atoms with Crippen molar-refractivity contribution in [3.8, 4) is 0 Å². The molecule has 0 saturated carbocycles. The van der Waals surface area contributed by atoms with E-state index in [0.29, 0.717) is 13.0 Å². The number of hydrogen-bond donors (Lipinski definition) is 1. The summed E-state index contributed by atoms with van der Waals surface area (Å²) in [6.45, 7) is 5.95. The molecule has 0 aliphatic carbocycles. The van der Waals surface area contributed by atoms with E-state index in [0.717, 1.165) is 12.8 Å². The van der Waals surface area contributed by atoms with Crippen molar-refractivity contribution in [1.29, 1.82) is 0 Å². The Morgan fingerprint density at radius 1 is 1.40 bits per heavy atom. The van der Waals surface area contributed by atoms with Crippen LogP contribution >= 0.6 is 0 Å².